The van der Waals surface area contributed by atoms with Gasteiger partial charge < -0.3 is 9.11 Å². The Kier molecular flexibility index (Phi) is 10.5. The smallest absolute Gasteiger partial charge is 0.759 e. The van der Waals surface area contributed by atoms with Crippen molar-refractivity contribution in [1.29, 1.82) is 0 Å². The second-order valence-electron chi connectivity index (χ2n) is 0.787. The summed E-state index contributed by atoms with van der Waals surface area (Å²) in [7, 11) is -0.353. The fraction of sp³-hybridized carbons (Fsp3) is 0. The minimum absolute atomic E-state index is 0. The maximum Gasteiger partial charge on any atom is 2.00 e. The molecule has 73 valence electrons. The van der Waals surface area contributed by atoms with E-state index in [4.69, 9.17) is 25.9 Å². The van der Waals surface area contributed by atoms with Crippen molar-refractivity contribution in [2.24, 2.45) is 0 Å². The topological polar surface area (TPSA) is 114 Å². The molecule has 0 saturated heterocycles. The Balaban J connectivity index is -0.000000107. The van der Waals surface area contributed by atoms with E-state index in [1.165, 1.54) is 0 Å². The maximum atomic E-state index is 9.16. The summed E-state index contributed by atoms with van der Waals surface area (Å²) in [4.78, 5) is 0. The average molecular weight is 295 g/mol. The Morgan fingerprint density at radius 3 is 0.909 bits per heavy atom. The predicted octanol–water partition coefficient (Wildman–Crippen LogP) is -0.632. The molecule has 0 aliphatic rings. The summed E-state index contributed by atoms with van der Waals surface area (Å²) in [6, 6.07) is 0. The van der Waals surface area contributed by atoms with Gasteiger partial charge in [0.05, 0.1) is 0 Å². The fourth-order valence-electron chi connectivity index (χ4n) is 0. The van der Waals surface area contributed by atoms with Gasteiger partial charge in [-0.2, -0.15) is 8.42 Å². The number of halogens is 2. The molecule has 0 aliphatic carbocycles. The van der Waals surface area contributed by atoms with Gasteiger partial charge in [0.25, 0.3) is 0 Å². The van der Waals surface area contributed by atoms with Gasteiger partial charge in [0.1, 0.15) is 0 Å². The Bertz CT molecular complexity index is 215. The van der Waals surface area contributed by atoms with Gasteiger partial charge in [-0.3, -0.25) is 8.42 Å². The van der Waals surface area contributed by atoms with Crippen LogP contribution in [0.25, 0.3) is 0 Å². The third-order valence-electron chi connectivity index (χ3n) is 0. The van der Waals surface area contributed by atoms with Crippen LogP contribution >= 0.6 is 21.4 Å². The second-order valence-corrected chi connectivity index (χ2v) is 5.27. The van der Waals surface area contributed by atoms with E-state index in [0.29, 0.717) is 0 Å². The third-order valence-corrected chi connectivity index (χ3v) is 0. The first-order valence-electron chi connectivity index (χ1n) is 1.31. The zero-order valence-corrected chi connectivity index (χ0v) is 8.41. The molecule has 0 unspecified atom stereocenters. The Morgan fingerprint density at radius 1 is 0.909 bits per heavy atom. The minimum atomic E-state index is -5.17. The van der Waals surface area contributed by atoms with Crippen molar-refractivity contribution >= 4 is 40.0 Å². The van der Waals surface area contributed by atoms with Crippen LogP contribution in [0.5, 0.6) is 0 Å². The van der Waals surface area contributed by atoms with Crippen LogP contribution < -0.4 is 0 Å². The van der Waals surface area contributed by atoms with E-state index in [9.17, 15) is 0 Å². The van der Waals surface area contributed by atoms with Crippen molar-refractivity contribution < 1.29 is 43.0 Å². The van der Waals surface area contributed by atoms with Crippen LogP contribution in [-0.2, 0) is 35.7 Å². The van der Waals surface area contributed by atoms with Crippen LogP contribution in [0.2, 0.25) is 0 Å². The standard InChI is InChI=1S/Cl2O2S.Cu.H2O4S/c1-5(2,3)4;;1-5(2,3)4/h;;(H2,1,2,3,4)/q;+2;/p-2. The maximum absolute atomic E-state index is 9.16. The largest absolute Gasteiger partial charge is 2.00 e. The first-order valence-corrected chi connectivity index (χ1v) is 5.78. The van der Waals surface area contributed by atoms with Gasteiger partial charge in [-0.15, -0.1) is 0 Å². The van der Waals surface area contributed by atoms with Crippen molar-refractivity contribution in [2.75, 3.05) is 0 Å². The molecule has 0 atom stereocenters. The quantitative estimate of drug-likeness (QED) is 0.254. The summed E-state index contributed by atoms with van der Waals surface area (Å²) < 4.78 is 52.4. The Hall–Kier alpha value is 0.919. The molecule has 0 N–H and O–H groups in total. The monoisotopic (exact) mass is 293 g/mol. The van der Waals surface area contributed by atoms with Crippen molar-refractivity contribution in [2.45, 2.75) is 0 Å². The molecule has 0 aliphatic heterocycles. The van der Waals surface area contributed by atoms with Crippen molar-refractivity contribution in [3.05, 3.63) is 0 Å². The van der Waals surface area contributed by atoms with E-state index in [2.05, 4.69) is 21.4 Å². The zero-order chi connectivity index (χ0) is 9.00. The van der Waals surface area contributed by atoms with Crippen molar-refractivity contribution in [3.8, 4) is 0 Å². The first-order chi connectivity index (χ1) is 4.00. The molecule has 6 nitrogen and oxygen atoms in total. The number of rotatable bonds is 0. The van der Waals surface area contributed by atoms with E-state index < -0.39 is 18.7 Å². The molecular formula is Cl2CuO6S2. The molecule has 0 aromatic heterocycles. The van der Waals surface area contributed by atoms with Gasteiger partial charge in [-0.25, -0.2) is 0 Å². The van der Waals surface area contributed by atoms with E-state index in [1.807, 2.05) is 0 Å². The Morgan fingerprint density at radius 2 is 0.909 bits per heavy atom. The van der Waals surface area contributed by atoms with Gasteiger partial charge in [-0.05, 0) is 0 Å². The van der Waals surface area contributed by atoms with Crippen LogP contribution in [0, 0.1) is 0 Å². The molecule has 11 heteroatoms. The molecule has 0 fully saturated rings. The molecule has 0 amide bonds. The molecule has 0 aromatic rings. The predicted molar refractivity (Wildman–Crippen MR) is 31.1 cm³/mol. The molecular weight excluding hydrogens is 295 g/mol. The third kappa shape index (κ3) is 1030. The molecule has 11 heavy (non-hydrogen) atoms. The van der Waals surface area contributed by atoms with E-state index in [0.717, 1.165) is 0 Å². The summed E-state index contributed by atoms with van der Waals surface area (Å²) in [5.74, 6) is 0. The fourth-order valence-corrected chi connectivity index (χ4v) is 0. The first kappa shape index (κ1) is 17.9. The van der Waals surface area contributed by atoms with Crippen LogP contribution in [-0.4, -0.2) is 25.9 Å². The summed E-state index contributed by atoms with van der Waals surface area (Å²) >= 11 is 0. The van der Waals surface area contributed by atoms with Crippen LogP contribution in [0.15, 0.2) is 0 Å². The number of hydrogen-bond donors (Lipinski definition) is 0. The van der Waals surface area contributed by atoms with Gasteiger partial charge in [0.2, 0.25) is 0 Å². The normalized spacial score (nSPS) is 10.5. The van der Waals surface area contributed by atoms with E-state index >= 15 is 0 Å². The molecule has 0 aromatic carbocycles. The SMILES string of the molecule is O=S(=O)(Cl)Cl.O=S(=O)([O-])[O-].[Cu+2]. The van der Waals surface area contributed by atoms with Crippen molar-refractivity contribution in [3.63, 3.8) is 0 Å². The molecule has 0 heterocycles. The van der Waals surface area contributed by atoms with Crippen LogP contribution in [0.3, 0.4) is 0 Å². The van der Waals surface area contributed by atoms with E-state index in [1.54, 1.807) is 0 Å². The molecule has 1 radical (unpaired) electrons. The summed E-state index contributed by atoms with van der Waals surface area (Å²) in [5.41, 5.74) is 0. The zero-order valence-electron chi connectivity index (χ0n) is 4.32. The van der Waals surface area contributed by atoms with Gasteiger partial charge in [0, 0.05) is 31.8 Å². The van der Waals surface area contributed by atoms with E-state index in [-0.39, 0.29) is 17.1 Å². The Labute approximate surface area is 82.8 Å². The summed E-state index contributed by atoms with van der Waals surface area (Å²) in [6.07, 6.45) is 0. The van der Waals surface area contributed by atoms with Crippen LogP contribution in [0.4, 0.5) is 0 Å². The molecule has 0 bridgehead atoms. The molecule has 0 saturated carbocycles. The average Bonchev–Trinajstić information content (AvgIpc) is 1.12. The van der Waals surface area contributed by atoms with Crippen molar-refractivity contribution in [1.82, 2.24) is 0 Å². The minimum Gasteiger partial charge on any atom is -0.759 e. The molecule has 0 spiro atoms. The number of hydrogen-bond acceptors (Lipinski definition) is 6. The van der Waals surface area contributed by atoms with Gasteiger partial charge in [0.15, 0.2) is 0 Å². The van der Waals surface area contributed by atoms with Gasteiger partial charge >= 0.3 is 25.3 Å². The van der Waals surface area contributed by atoms with Crippen LogP contribution in [0.1, 0.15) is 0 Å². The van der Waals surface area contributed by atoms with Gasteiger partial charge in [-0.1, -0.05) is 0 Å². The summed E-state index contributed by atoms with van der Waals surface area (Å²) in [5, 5.41) is 0. The summed E-state index contributed by atoms with van der Waals surface area (Å²) in [6.45, 7) is 0. The second kappa shape index (κ2) is 6.44. The molecule has 0 rings (SSSR count).